The van der Waals surface area contributed by atoms with Crippen LogP contribution in [0.25, 0.3) is 5.57 Å². The van der Waals surface area contributed by atoms with Crippen molar-refractivity contribution in [2.24, 2.45) is 5.92 Å². The van der Waals surface area contributed by atoms with Gasteiger partial charge in [-0.25, -0.2) is 0 Å². The molecule has 0 atom stereocenters. The molecule has 0 aromatic heterocycles. The zero-order valence-electron chi connectivity index (χ0n) is 9.26. The summed E-state index contributed by atoms with van der Waals surface area (Å²) in [5.74, 6) is 0.602. The van der Waals surface area contributed by atoms with Gasteiger partial charge in [-0.15, -0.1) is 0 Å². The van der Waals surface area contributed by atoms with Gasteiger partial charge in [0.1, 0.15) is 0 Å². The van der Waals surface area contributed by atoms with Gasteiger partial charge in [-0.1, -0.05) is 43.2 Å². The Morgan fingerprint density at radius 1 is 1.07 bits per heavy atom. The van der Waals surface area contributed by atoms with Crippen molar-refractivity contribution in [3.8, 4) is 0 Å². The Balaban J connectivity index is 3.06. The van der Waals surface area contributed by atoms with Gasteiger partial charge in [0, 0.05) is 5.02 Å². The van der Waals surface area contributed by atoms with Crippen molar-refractivity contribution in [1.82, 2.24) is 0 Å². The van der Waals surface area contributed by atoms with Crippen molar-refractivity contribution in [3.05, 3.63) is 40.4 Å². The van der Waals surface area contributed by atoms with Crippen LogP contribution in [0.5, 0.6) is 0 Å². The lowest BCUT2D eigenvalue weighted by Gasteiger charge is -2.11. The van der Waals surface area contributed by atoms with Crippen LogP contribution >= 0.6 is 11.6 Å². The van der Waals surface area contributed by atoms with E-state index in [0.29, 0.717) is 5.92 Å². The molecule has 0 radical (unpaired) electrons. The number of benzene rings is 1. The molecule has 1 aromatic rings. The largest absolute Gasteiger partial charge is 0.0843 e. The third-order valence-corrected chi connectivity index (χ3v) is 2.99. The first-order chi connectivity index (χ1) is 6.52. The molecule has 1 heteroatoms. The molecule has 0 spiro atoms. The topological polar surface area (TPSA) is 0 Å². The second-order valence-electron chi connectivity index (χ2n) is 3.97. The zero-order chi connectivity index (χ0) is 10.7. The molecule has 14 heavy (non-hydrogen) atoms. The molecular weight excluding hydrogens is 192 g/mol. The van der Waals surface area contributed by atoms with Gasteiger partial charge in [0.05, 0.1) is 0 Å². The van der Waals surface area contributed by atoms with Gasteiger partial charge < -0.3 is 0 Å². The summed E-state index contributed by atoms with van der Waals surface area (Å²) in [4.78, 5) is 0. The van der Waals surface area contributed by atoms with Crippen molar-refractivity contribution >= 4 is 17.2 Å². The SMILES string of the molecule is C/C(=C(\C)C(C)C)c1ccc(Cl)cc1. The highest BCUT2D eigenvalue weighted by atomic mass is 35.5. The Morgan fingerprint density at radius 2 is 1.57 bits per heavy atom. The van der Waals surface area contributed by atoms with Gasteiger partial charge in [0.15, 0.2) is 0 Å². The first-order valence-corrected chi connectivity index (χ1v) is 5.33. The predicted octanol–water partition coefficient (Wildman–Crippen LogP) is 4.79. The van der Waals surface area contributed by atoms with E-state index in [1.165, 1.54) is 16.7 Å². The van der Waals surface area contributed by atoms with Crippen LogP contribution in [0.1, 0.15) is 33.3 Å². The summed E-state index contributed by atoms with van der Waals surface area (Å²) in [6.07, 6.45) is 0. The van der Waals surface area contributed by atoms with Crippen LogP contribution in [-0.2, 0) is 0 Å². The van der Waals surface area contributed by atoms with E-state index in [2.05, 4.69) is 39.8 Å². The molecular formula is C13H17Cl. The van der Waals surface area contributed by atoms with Crippen LogP contribution in [0.3, 0.4) is 0 Å². The molecule has 1 rings (SSSR count). The number of allylic oxidation sites excluding steroid dienone is 2. The zero-order valence-corrected chi connectivity index (χ0v) is 10.0. The molecule has 1 aromatic carbocycles. The maximum atomic E-state index is 5.84. The highest BCUT2D eigenvalue weighted by molar-refractivity contribution is 6.30. The summed E-state index contributed by atoms with van der Waals surface area (Å²) in [7, 11) is 0. The third kappa shape index (κ3) is 2.62. The summed E-state index contributed by atoms with van der Waals surface area (Å²) in [5.41, 5.74) is 4.06. The molecule has 0 bridgehead atoms. The minimum absolute atomic E-state index is 0.602. The Kier molecular flexibility index (Phi) is 3.77. The predicted molar refractivity (Wildman–Crippen MR) is 64.6 cm³/mol. The minimum Gasteiger partial charge on any atom is -0.0843 e. The van der Waals surface area contributed by atoms with Crippen LogP contribution in [-0.4, -0.2) is 0 Å². The molecule has 0 N–H and O–H groups in total. The van der Waals surface area contributed by atoms with Crippen molar-refractivity contribution in [2.45, 2.75) is 27.7 Å². The quantitative estimate of drug-likeness (QED) is 0.656. The fourth-order valence-corrected chi connectivity index (χ4v) is 1.49. The molecule has 0 saturated carbocycles. The van der Waals surface area contributed by atoms with Crippen LogP contribution < -0.4 is 0 Å². The highest BCUT2D eigenvalue weighted by Gasteiger charge is 2.03. The first kappa shape index (κ1) is 11.3. The molecule has 0 fully saturated rings. The summed E-state index contributed by atoms with van der Waals surface area (Å²) >= 11 is 5.84. The molecule has 0 heterocycles. The van der Waals surface area contributed by atoms with E-state index >= 15 is 0 Å². The summed E-state index contributed by atoms with van der Waals surface area (Å²) < 4.78 is 0. The van der Waals surface area contributed by atoms with Crippen molar-refractivity contribution in [1.29, 1.82) is 0 Å². The van der Waals surface area contributed by atoms with Crippen LogP contribution in [0.15, 0.2) is 29.8 Å². The monoisotopic (exact) mass is 208 g/mol. The molecule has 0 unspecified atom stereocenters. The Morgan fingerprint density at radius 3 is 2.00 bits per heavy atom. The smallest absolute Gasteiger partial charge is 0.0406 e. The summed E-state index contributed by atoms with van der Waals surface area (Å²) in [6, 6.07) is 8.02. The highest BCUT2D eigenvalue weighted by Crippen LogP contribution is 2.23. The normalized spacial score (nSPS) is 13.0. The number of rotatable bonds is 2. The van der Waals surface area contributed by atoms with E-state index in [1.54, 1.807) is 0 Å². The van der Waals surface area contributed by atoms with Crippen LogP contribution in [0.2, 0.25) is 5.02 Å². The van der Waals surface area contributed by atoms with E-state index in [9.17, 15) is 0 Å². The van der Waals surface area contributed by atoms with E-state index in [4.69, 9.17) is 11.6 Å². The van der Waals surface area contributed by atoms with Crippen molar-refractivity contribution in [3.63, 3.8) is 0 Å². The average Bonchev–Trinajstić information content (AvgIpc) is 2.16. The van der Waals surface area contributed by atoms with E-state index in [0.717, 1.165) is 5.02 Å². The average molecular weight is 209 g/mol. The number of hydrogen-bond donors (Lipinski definition) is 0. The second-order valence-corrected chi connectivity index (χ2v) is 4.41. The van der Waals surface area contributed by atoms with E-state index in [1.807, 2.05) is 12.1 Å². The van der Waals surface area contributed by atoms with Crippen LogP contribution in [0.4, 0.5) is 0 Å². The van der Waals surface area contributed by atoms with Gasteiger partial charge in [0.2, 0.25) is 0 Å². The minimum atomic E-state index is 0.602. The van der Waals surface area contributed by atoms with Crippen molar-refractivity contribution in [2.75, 3.05) is 0 Å². The van der Waals surface area contributed by atoms with Crippen LogP contribution in [0, 0.1) is 5.92 Å². The standard InChI is InChI=1S/C13H17Cl/c1-9(2)10(3)11(4)12-5-7-13(14)8-6-12/h5-9H,1-4H3/b11-10-. The lowest BCUT2D eigenvalue weighted by Crippen LogP contribution is -1.93. The maximum absolute atomic E-state index is 5.84. The molecule has 0 nitrogen and oxygen atoms in total. The van der Waals surface area contributed by atoms with Gasteiger partial charge in [0.25, 0.3) is 0 Å². The lowest BCUT2D eigenvalue weighted by molar-refractivity contribution is 0.771. The first-order valence-electron chi connectivity index (χ1n) is 4.95. The Hall–Kier alpha value is -0.750. The summed E-state index contributed by atoms with van der Waals surface area (Å²) in [5, 5.41) is 0.795. The van der Waals surface area contributed by atoms with E-state index in [-0.39, 0.29) is 0 Å². The van der Waals surface area contributed by atoms with Gasteiger partial charge >= 0.3 is 0 Å². The van der Waals surface area contributed by atoms with Gasteiger partial charge in [-0.05, 0) is 43.0 Å². The molecule has 76 valence electrons. The van der Waals surface area contributed by atoms with Gasteiger partial charge in [-0.2, -0.15) is 0 Å². The van der Waals surface area contributed by atoms with E-state index < -0.39 is 0 Å². The fraction of sp³-hybridized carbons (Fsp3) is 0.385. The Labute approximate surface area is 91.6 Å². The molecule has 0 saturated heterocycles. The fourth-order valence-electron chi connectivity index (χ4n) is 1.36. The second kappa shape index (κ2) is 4.65. The Bertz CT molecular complexity index is 331. The third-order valence-electron chi connectivity index (χ3n) is 2.73. The lowest BCUT2D eigenvalue weighted by atomic mass is 9.95. The molecule has 0 aliphatic carbocycles. The number of halogens is 1. The van der Waals surface area contributed by atoms with Crippen molar-refractivity contribution < 1.29 is 0 Å². The molecule has 0 amide bonds. The maximum Gasteiger partial charge on any atom is 0.0406 e. The molecule has 0 aliphatic heterocycles. The molecule has 0 aliphatic rings. The van der Waals surface area contributed by atoms with Gasteiger partial charge in [-0.3, -0.25) is 0 Å². The number of hydrogen-bond acceptors (Lipinski definition) is 0. The summed E-state index contributed by atoms with van der Waals surface area (Å²) in [6.45, 7) is 8.79.